The molecular weight excluding hydrogens is 346 g/mol. The molecule has 2 saturated heterocycles. The predicted octanol–water partition coefficient (Wildman–Crippen LogP) is 3.39. The number of thiophene rings is 1. The second kappa shape index (κ2) is 8.29. The fourth-order valence-electron chi connectivity index (χ4n) is 3.96. The molecule has 4 heterocycles. The van der Waals surface area contributed by atoms with Gasteiger partial charge in [0.05, 0.1) is 17.1 Å². The second-order valence-electron chi connectivity index (χ2n) is 6.95. The zero-order valence-electron chi connectivity index (χ0n) is 14.9. The van der Waals surface area contributed by atoms with Crippen LogP contribution in [0.5, 0.6) is 0 Å². The number of hydrogen-bond donors (Lipinski definition) is 1. The molecule has 0 aliphatic carbocycles. The summed E-state index contributed by atoms with van der Waals surface area (Å²) in [7, 11) is 0. The lowest BCUT2D eigenvalue weighted by molar-refractivity contribution is 0.0295. The van der Waals surface area contributed by atoms with Crippen LogP contribution in [-0.4, -0.2) is 41.6 Å². The molecule has 0 bridgehead atoms. The van der Waals surface area contributed by atoms with Crippen molar-refractivity contribution in [1.82, 2.24) is 15.2 Å². The minimum absolute atomic E-state index is 0.0116. The van der Waals surface area contributed by atoms with Gasteiger partial charge in [0.2, 0.25) is 0 Å². The molecule has 1 amide bonds. The van der Waals surface area contributed by atoms with Gasteiger partial charge in [0.15, 0.2) is 0 Å². The molecular formula is C20H25N3O2S. The van der Waals surface area contributed by atoms with Gasteiger partial charge in [-0.2, -0.15) is 0 Å². The summed E-state index contributed by atoms with van der Waals surface area (Å²) < 4.78 is 5.52. The highest BCUT2D eigenvalue weighted by Gasteiger charge is 2.33. The number of nitrogens with one attached hydrogen (secondary N) is 1. The number of nitrogens with zero attached hydrogens (tertiary/aromatic N) is 2. The van der Waals surface area contributed by atoms with E-state index < -0.39 is 0 Å². The zero-order valence-corrected chi connectivity index (χ0v) is 15.7. The van der Waals surface area contributed by atoms with E-state index in [0.717, 1.165) is 43.2 Å². The monoisotopic (exact) mass is 371 g/mol. The van der Waals surface area contributed by atoms with Crippen LogP contribution in [0.4, 0.5) is 0 Å². The Kier molecular flexibility index (Phi) is 5.62. The van der Waals surface area contributed by atoms with Gasteiger partial charge < -0.3 is 10.1 Å². The van der Waals surface area contributed by atoms with Crippen LogP contribution in [0.15, 0.2) is 36.5 Å². The van der Waals surface area contributed by atoms with Crippen molar-refractivity contribution in [2.75, 3.05) is 19.8 Å². The highest BCUT2D eigenvalue weighted by Crippen LogP contribution is 2.38. The van der Waals surface area contributed by atoms with Crippen LogP contribution >= 0.6 is 11.3 Å². The lowest BCUT2D eigenvalue weighted by Crippen LogP contribution is -2.38. The minimum Gasteiger partial charge on any atom is -0.381 e. The molecule has 4 rings (SSSR count). The van der Waals surface area contributed by atoms with Gasteiger partial charge in [-0.1, -0.05) is 6.07 Å². The maximum Gasteiger partial charge on any atom is 0.261 e. The molecule has 1 atom stereocenters. The molecule has 0 saturated carbocycles. The number of ether oxygens (including phenoxy) is 1. The Labute approximate surface area is 158 Å². The maximum atomic E-state index is 12.5. The summed E-state index contributed by atoms with van der Waals surface area (Å²) in [6.45, 7) is 3.37. The van der Waals surface area contributed by atoms with Crippen molar-refractivity contribution in [3.05, 3.63) is 52.0 Å². The standard InChI is InChI=1S/C20H25N3O2S/c24-20(22-14-15-4-1-2-10-21-15)19-7-6-18(26-19)17-5-3-11-23(17)16-8-12-25-13-9-16/h1-2,4,6-7,10,16-17H,3,5,8-9,11-14H2,(H,22,24). The van der Waals surface area contributed by atoms with E-state index in [0.29, 0.717) is 18.6 Å². The number of hydrogen-bond acceptors (Lipinski definition) is 5. The molecule has 1 N–H and O–H groups in total. The summed E-state index contributed by atoms with van der Waals surface area (Å²) in [6, 6.07) is 10.9. The summed E-state index contributed by atoms with van der Waals surface area (Å²) in [5.41, 5.74) is 0.874. The first-order valence-electron chi connectivity index (χ1n) is 9.42. The van der Waals surface area contributed by atoms with Crippen molar-refractivity contribution in [1.29, 1.82) is 0 Å². The molecule has 138 valence electrons. The Bertz CT molecular complexity index is 728. The normalized spacial score (nSPS) is 21.8. The fraction of sp³-hybridized carbons (Fsp3) is 0.500. The third-order valence-electron chi connectivity index (χ3n) is 5.29. The molecule has 5 nitrogen and oxygen atoms in total. The molecule has 2 aliphatic heterocycles. The number of carbonyl (C=O) groups is 1. The molecule has 2 aromatic rings. The van der Waals surface area contributed by atoms with Crippen molar-refractivity contribution in [2.45, 2.75) is 44.3 Å². The van der Waals surface area contributed by atoms with E-state index in [1.165, 1.54) is 17.7 Å². The number of pyridine rings is 1. The number of rotatable bonds is 5. The molecule has 2 aromatic heterocycles. The van der Waals surface area contributed by atoms with E-state index in [1.807, 2.05) is 24.3 Å². The van der Waals surface area contributed by atoms with Gasteiger partial charge in [-0.05, 0) is 56.5 Å². The number of aromatic nitrogens is 1. The first-order valence-corrected chi connectivity index (χ1v) is 10.2. The fourth-order valence-corrected chi connectivity index (χ4v) is 5.04. The summed E-state index contributed by atoms with van der Waals surface area (Å²) in [5, 5.41) is 2.97. The van der Waals surface area contributed by atoms with Gasteiger partial charge in [-0.25, -0.2) is 0 Å². The Morgan fingerprint density at radius 3 is 2.92 bits per heavy atom. The average Bonchev–Trinajstić information content (AvgIpc) is 3.37. The molecule has 0 aromatic carbocycles. The lowest BCUT2D eigenvalue weighted by atomic mass is 10.1. The van der Waals surface area contributed by atoms with Gasteiger partial charge in [-0.3, -0.25) is 14.7 Å². The van der Waals surface area contributed by atoms with E-state index in [1.54, 1.807) is 17.5 Å². The summed E-state index contributed by atoms with van der Waals surface area (Å²) in [5.74, 6) is -0.0116. The Balaban J connectivity index is 1.39. The van der Waals surface area contributed by atoms with Crippen molar-refractivity contribution in [3.63, 3.8) is 0 Å². The van der Waals surface area contributed by atoms with E-state index >= 15 is 0 Å². The van der Waals surface area contributed by atoms with Crippen LogP contribution in [-0.2, 0) is 11.3 Å². The molecule has 6 heteroatoms. The number of carbonyl (C=O) groups excluding carboxylic acids is 1. The van der Waals surface area contributed by atoms with Crippen molar-refractivity contribution in [2.24, 2.45) is 0 Å². The van der Waals surface area contributed by atoms with Gasteiger partial charge in [0, 0.05) is 36.4 Å². The largest absolute Gasteiger partial charge is 0.381 e. The van der Waals surface area contributed by atoms with Gasteiger partial charge >= 0.3 is 0 Å². The Morgan fingerprint density at radius 1 is 1.23 bits per heavy atom. The molecule has 2 aliphatic rings. The third kappa shape index (κ3) is 3.98. The SMILES string of the molecule is O=C(NCc1ccccn1)c1ccc(C2CCCN2C2CCOCC2)s1. The molecule has 26 heavy (non-hydrogen) atoms. The van der Waals surface area contributed by atoms with Crippen LogP contribution in [0.3, 0.4) is 0 Å². The Morgan fingerprint density at radius 2 is 2.12 bits per heavy atom. The van der Waals surface area contributed by atoms with E-state index in [2.05, 4.69) is 21.3 Å². The summed E-state index contributed by atoms with van der Waals surface area (Å²) in [4.78, 5) is 21.5. The highest BCUT2D eigenvalue weighted by atomic mass is 32.1. The van der Waals surface area contributed by atoms with Gasteiger partial charge in [-0.15, -0.1) is 11.3 Å². The maximum absolute atomic E-state index is 12.5. The topological polar surface area (TPSA) is 54.5 Å². The minimum atomic E-state index is -0.0116. The van der Waals surface area contributed by atoms with Crippen LogP contribution in [0.1, 0.15) is 52.0 Å². The smallest absolute Gasteiger partial charge is 0.261 e. The summed E-state index contributed by atoms with van der Waals surface area (Å²) in [6.07, 6.45) is 6.42. The van der Waals surface area contributed by atoms with E-state index in [4.69, 9.17) is 4.74 Å². The van der Waals surface area contributed by atoms with Crippen molar-refractivity contribution in [3.8, 4) is 0 Å². The van der Waals surface area contributed by atoms with Crippen molar-refractivity contribution >= 4 is 17.2 Å². The van der Waals surface area contributed by atoms with Crippen LogP contribution in [0, 0.1) is 0 Å². The van der Waals surface area contributed by atoms with Crippen LogP contribution in [0.25, 0.3) is 0 Å². The molecule has 1 unspecified atom stereocenters. The number of likely N-dealkylation sites (tertiary alicyclic amines) is 1. The van der Waals surface area contributed by atoms with Gasteiger partial charge in [0.1, 0.15) is 0 Å². The Hall–Kier alpha value is -1.76. The molecule has 0 spiro atoms. The van der Waals surface area contributed by atoms with Crippen molar-refractivity contribution < 1.29 is 9.53 Å². The quantitative estimate of drug-likeness (QED) is 0.875. The van der Waals surface area contributed by atoms with Crippen LogP contribution in [0.2, 0.25) is 0 Å². The second-order valence-corrected chi connectivity index (χ2v) is 8.06. The number of amides is 1. The highest BCUT2D eigenvalue weighted by molar-refractivity contribution is 7.14. The molecule has 0 radical (unpaired) electrons. The first-order chi connectivity index (χ1) is 12.8. The predicted molar refractivity (Wildman–Crippen MR) is 102 cm³/mol. The lowest BCUT2D eigenvalue weighted by Gasteiger charge is -2.35. The third-order valence-corrected chi connectivity index (χ3v) is 6.47. The molecule has 2 fully saturated rings. The first kappa shape index (κ1) is 17.6. The van der Waals surface area contributed by atoms with E-state index in [-0.39, 0.29) is 5.91 Å². The van der Waals surface area contributed by atoms with Crippen LogP contribution < -0.4 is 5.32 Å². The summed E-state index contributed by atoms with van der Waals surface area (Å²) >= 11 is 1.64. The van der Waals surface area contributed by atoms with Gasteiger partial charge in [0.25, 0.3) is 5.91 Å². The average molecular weight is 372 g/mol. The zero-order chi connectivity index (χ0) is 17.8. The van der Waals surface area contributed by atoms with E-state index in [9.17, 15) is 4.79 Å².